The van der Waals surface area contributed by atoms with Crippen LogP contribution >= 0.6 is 0 Å². The van der Waals surface area contributed by atoms with Crippen LogP contribution in [-0.2, 0) is 6.54 Å². The fourth-order valence-electron chi connectivity index (χ4n) is 2.83. The number of carbonyl (C=O) groups is 1. The van der Waals surface area contributed by atoms with E-state index in [1.54, 1.807) is 17.1 Å². The molecule has 1 amide bonds. The van der Waals surface area contributed by atoms with Crippen molar-refractivity contribution < 1.29 is 4.79 Å². The topological polar surface area (TPSA) is 50.2 Å². The van der Waals surface area contributed by atoms with Crippen LogP contribution in [0.5, 0.6) is 0 Å². The van der Waals surface area contributed by atoms with Gasteiger partial charge in [0, 0.05) is 25.8 Å². The third kappa shape index (κ3) is 4.07. The van der Waals surface area contributed by atoms with Gasteiger partial charge in [0.1, 0.15) is 0 Å². The molecule has 0 aliphatic carbocycles. The van der Waals surface area contributed by atoms with Gasteiger partial charge in [0.05, 0.1) is 11.8 Å². The van der Waals surface area contributed by atoms with Gasteiger partial charge in [-0.1, -0.05) is 6.92 Å². The van der Waals surface area contributed by atoms with Crippen LogP contribution in [0.15, 0.2) is 12.4 Å². The molecule has 2 rings (SSSR count). The van der Waals surface area contributed by atoms with Gasteiger partial charge in [0.25, 0.3) is 5.91 Å². The number of likely N-dealkylation sites (tertiary alicyclic amines) is 1. The second-order valence-corrected chi connectivity index (χ2v) is 5.60. The fraction of sp³-hybridized carbons (Fsp3) is 0.733. The van der Waals surface area contributed by atoms with Crippen molar-refractivity contribution in [2.75, 3.05) is 26.2 Å². The first-order valence-electron chi connectivity index (χ1n) is 7.76. The minimum atomic E-state index is -0.00249. The van der Waals surface area contributed by atoms with E-state index in [9.17, 15) is 4.79 Å². The highest BCUT2D eigenvalue weighted by Crippen LogP contribution is 2.16. The molecule has 0 aromatic carbocycles. The summed E-state index contributed by atoms with van der Waals surface area (Å²) in [6.07, 6.45) is 7.11. The minimum absolute atomic E-state index is 0.00249. The van der Waals surface area contributed by atoms with Crippen molar-refractivity contribution in [2.24, 2.45) is 5.92 Å². The number of nitrogens with zero attached hydrogens (tertiary/aromatic N) is 3. The van der Waals surface area contributed by atoms with Crippen LogP contribution in [0.1, 0.15) is 43.5 Å². The van der Waals surface area contributed by atoms with Crippen LogP contribution in [0.25, 0.3) is 0 Å². The van der Waals surface area contributed by atoms with E-state index in [1.807, 2.05) is 6.92 Å². The fourth-order valence-corrected chi connectivity index (χ4v) is 2.83. The molecule has 0 radical (unpaired) electrons. The SMILES string of the molecule is CCCN1CCC[C@@H](CNC(=O)c2cnn(CC)c2)C1. The highest BCUT2D eigenvalue weighted by Gasteiger charge is 2.20. The van der Waals surface area contributed by atoms with Gasteiger partial charge in [-0.25, -0.2) is 0 Å². The molecule has 0 spiro atoms. The average Bonchev–Trinajstić information content (AvgIpc) is 2.94. The molecule has 2 heterocycles. The number of aryl methyl sites for hydroxylation is 1. The highest BCUT2D eigenvalue weighted by molar-refractivity contribution is 5.93. The standard InChI is InChI=1S/C15H26N4O/c1-3-7-18-8-5-6-13(11-18)9-16-15(20)14-10-17-19(4-2)12-14/h10,12-13H,3-9,11H2,1-2H3,(H,16,20)/t13-/m0/s1. The van der Waals surface area contributed by atoms with E-state index in [-0.39, 0.29) is 5.91 Å². The number of amides is 1. The maximum Gasteiger partial charge on any atom is 0.254 e. The van der Waals surface area contributed by atoms with Crippen molar-refractivity contribution in [1.82, 2.24) is 20.0 Å². The van der Waals surface area contributed by atoms with Gasteiger partial charge in [0.2, 0.25) is 0 Å². The van der Waals surface area contributed by atoms with E-state index in [2.05, 4.69) is 22.2 Å². The maximum absolute atomic E-state index is 12.0. The predicted octanol–water partition coefficient (Wildman–Crippen LogP) is 1.75. The van der Waals surface area contributed by atoms with Gasteiger partial charge in [-0.2, -0.15) is 5.10 Å². The lowest BCUT2D eigenvalue weighted by molar-refractivity contribution is 0.0932. The Morgan fingerprint density at radius 2 is 2.35 bits per heavy atom. The molecule has 20 heavy (non-hydrogen) atoms. The zero-order chi connectivity index (χ0) is 14.4. The predicted molar refractivity (Wildman–Crippen MR) is 79.7 cm³/mol. The second-order valence-electron chi connectivity index (χ2n) is 5.60. The molecular formula is C15H26N4O. The summed E-state index contributed by atoms with van der Waals surface area (Å²) in [4.78, 5) is 14.6. The molecule has 1 aromatic rings. The van der Waals surface area contributed by atoms with E-state index in [0.717, 1.165) is 19.6 Å². The summed E-state index contributed by atoms with van der Waals surface area (Å²) in [6, 6.07) is 0. The molecule has 1 fully saturated rings. The van der Waals surface area contributed by atoms with Gasteiger partial charge in [-0.05, 0) is 45.2 Å². The molecular weight excluding hydrogens is 252 g/mol. The van der Waals surface area contributed by atoms with E-state index in [1.165, 1.54) is 32.4 Å². The number of carbonyl (C=O) groups excluding carboxylic acids is 1. The first-order valence-corrected chi connectivity index (χ1v) is 7.76. The van der Waals surface area contributed by atoms with Crippen LogP contribution in [0.2, 0.25) is 0 Å². The Kier molecular flexibility index (Phi) is 5.59. The first-order chi connectivity index (χ1) is 9.72. The van der Waals surface area contributed by atoms with Gasteiger partial charge in [0.15, 0.2) is 0 Å². The summed E-state index contributed by atoms with van der Waals surface area (Å²) in [5, 5.41) is 7.18. The highest BCUT2D eigenvalue weighted by atomic mass is 16.1. The lowest BCUT2D eigenvalue weighted by Gasteiger charge is -2.32. The molecule has 5 heteroatoms. The Balaban J connectivity index is 1.78. The van der Waals surface area contributed by atoms with E-state index < -0.39 is 0 Å². The third-order valence-electron chi connectivity index (χ3n) is 3.91. The monoisotopic (exact) mass is 278 g/mol. The average molecular weight is 278 g/mol. The lowest BCUT2D eigenvalue weighted by Crippen LogP contribution is -2.41. The Morgan fingerprint density at radius 3 is 3.05 bits per heavy atom. The van der Waals surface area contributed by atoms with Crippen LogP contribution in [0.3, 0.4) is 0 Å². The van der Waals surface area contributed by atoms with Crippen molar-refractivity contribution in [3.63, 3.8) is 0 Å². The Labute approximate surface area is 121 Å². The molecule has 1 aliphatic rings. The number of nitrogens with one attached hydrogen (secondary N) is 1. The molecule has 1 atom stereocenters. The number of rotatable bonds is 6. The Hall–Kier alpha value is -1.36. The number of hydrogen-bond donors (Lipinski definition) is 1. The molecule has 112 valence electrons. The quantitative estimate of drug-likeness (QED) is 0.862. The first kappa shape index (κ1) is 15.0. The molecule has 1 aliphatic heterocycles. The van der Waals surface area contributed by atoms with Gasteiger partial charge < -0.3 is 10.2 Å². The van der Waals surface area contributed by atoms with Gasteiger partial charge in [-0.3, -0.25) is 9.48 Å². The maximum atomic E-state index is 12.0. The van der Waals surface area contributed by atoms with Crippen molar-refractivity contribution in [3.8, 4) is 0 Å². The van der Waals surface area contributed by atoms with Crippen LogP contribution in [0.4, 0.5) is 0 Å². The summed E-state index contributed by atoms with van der Waals surface area (Å²) in [5.41, 5.74) is 0.660. The van der Waals surface area contributed by atoms with Gasteiger partial charge >= 0.3 is 0 Å². The molecule has 0 saturated carbocycles. The summed E-state index contributed by atoms with van der Waals surface area (Å²) >= 11 is 0. The van der Waals surface area contributed by atoms with E-state index in [4.69, 9.17) is 0 Å². The molecule has 1 N–H and O–H groups in total. The van der Waals surface area contributed by atoms with E-state index in [0.29, 0.717) is 11.5 Å². The largest absolute Gasteiger partial charge is 0.352 e. The van der Waals surface area contributed by atoms with Crippen molar-refractivity contribution >= 4 is 5.91 Å². The normalized spacial score (nSPS) is 20.0. The number of hydrogen-bond acceptors (Lipinski definition) is 3. The number of piperidine rings is 1. The van der Waals surface area contributed by atoms with E-state index >= 15 is 0 Å². The zero-order valence-corrected chi connectivity index (χ0v) is 12.6. The smallest absolute Gasteiger partial charge is 0.254 e. The second kappa shape index (κ2) is 7.43. The molecule has 1 saturated heterocycles. The molecule has 1 aromatic heterocycles. The summed E-state index contributed by atoms with van der Waals surface area (Å²) in [5.74, 6) is 0.581. The lowest BCUT2D eigenvalue weighted by atomic mass is 9.98. The molecule has 0 unspecified atom stereocenters. The summed E-state index contributed by atoms with van der Waals surface area (Å²) in [6.45, 7) is 9.30. The molecule has 5 nitrogen and oxygen atoms in total. The summed E-state index contributed by atoms with van der Waals surface area (Å²) < 4.78 is 1.78. The summed E-state index contributed by atoms with van der Waals surface area (Å²) in [7, 11) is 0. The van der Waals surface area contributed by atoms with Crippen molar-refractivity contribution in [1.29, 1.82) is 0 Å². The third-order valence-corrected chi connectivity index (χ3v) is 3.91. The van der Waals surface area contributed by atoms with Crippen LogP contribution < -0.4 is 5.32 Å². The molecule has 0 bridgehead atoms. The van der Waals surface area contributed by atoms with Crippen molar-refractivity contribution in [2.45, 2.75) is 39.7 Å². The Bertz CT molecular complexity index is 427. The van der Waals surface area contributed by atoms with Crippen molar-refractivity contribution in [3.05, 3.63) is 18.0 Å². The van der Waals surface area contributed by atoms with Crippen LogP contribution in [0, 0.1) is 5.92 Å². The number of aromatic nitrogens is 2. The zero-order valence-electron chi connectivity index (χ0n) is 12.6. The minimum Gasteiger partial charge on any atom is -0.352 e. The van der Waals surface area contributed by atoms with Gasteiger partial charge in [-0.15, -0.1) is 0 Å². The van der Waals surface area contributed by atoms with Crippen LogP contribution in [-0.4, -0.2) is 46.8 Å². The Morgan fingerprint density at radius 1 is 1.50 bits per heavy atom.